The van der Waals surface area contributed by atoms with Gasteiger partial charge in [-0.15, -0.1) is 0 Å². The number of nitrogens with one attached hydrogen (secondary N) is 4. The Morgan fingerprint density at radius 2 is 1.06 bits per heavy atom. The molecule has 0 atom stereocenters. The maximum Gasteiger partial charge on any atom is 0.0159 e. The van der Waals surface area contributed by atoms with Crippen LogP contribution in [0.1, 0.15) is 114 Å². The van der Waals surface area contributed by atoms with E-state index in [0.717, 1.165) is 32.6 Å². The highest BCUT2D eigenvalue weighted by Crippen LogP contribution is 2.15. The summed E-state index contributed by atoms with van der Waals surface area (Å²) in [7, 11) is 0. The average molecular weight is 439 g/mol. The van der Waals surface area contributed by atoms with Gasteiger partial charge in [-0.1, -0.05) is 31.9 Å². The fourth-order valence-corrected chi connectivity index (χ4v) is 3.80. The predicted octanol–water partition coefficient (Wildman–Crippen LogP) is 5.79. The van der Waals surface area contributed by atoms with Gasteiger partial charge in [-0.2, -0.15) is 0 Å². The highest BCUT2D eigenvalue weighted by atomic mass is 15.0. The SMILES string of the molecule is CCNC(C)(C)CCCCNC(C)(C)C/C=C\CNC(C)(C)CCCCNC(C)(C)C. The summed E-state index contributed by atoms with van der Waals surface area (Å²) in [6.07, 6.45) is 13.1. The van der Waals surface area contributed by atoms with Crippen molar-refractivity contribution in [1.82, 2.24) is 21.3 Å². The summed E-state index contributed by atoms with van der Waals surface area (Å²) in [5.74, 6) is 0. The molecule has 0 radical (unpaired) electrons. The van der Waals surface area contributed by atoms with Gasteiger partial charge < -0.3 is 21.3 Å². The Hall–Kier alpha value is -0.420. The van der Waals surface area contributed by atoms with E-state index in [0.29, 0.717) is 0 Å². The van der Waals surface area contributed by atoms with Crippen molar-refractivity contribution >= 4 is 0 Å². The lowest BCUT2D eigenvalue weighted by molar-refractivity contribution is 0.343. The third kappa shape index (κ3) is 20.0. The zero-order valence-electron chi connectivity index (χ0n) is 22.9. The van der Waals surface area contributed by atoms with Gasteiger partial charge in [0.05, 0.1) is 0 Å². The van der Waals surface area contributed by atoms with Crippen molar-refractivity contribution in [2.24, 2.45) is 0 Å². The fourth-order valence-electron chi connectivity index (χ4n) is 3.80. The Labute approximate surface area is 196 Å². The van der Waals surface area contributed by atoms with Crippen molar-refractivity contribution < 1.29 is 0 Å². The van der Waals surface area contributed by atoms with Gasteiger partial charge in [0, 0.05) is 28.7 Å². The first-order valence-corrected chi connectivity index (χ1v) is 12.8. The normalized spacial score (nSPS) is 14.0. The Morgan fingerprint density at radius 1 is 0.548 bits per heavy atom. The minimum atomic E-state index is 0.156. The second-order valence-electron chi connectivity index (χ2n) is 12.3. The summed E-state index contributed by atoms with van der Waals surface area (Å²) in [5, 5.41) is 14.6. The Bertz CT molecular complexity index is 472. The molecule has 0 saturated carbocycles. The summed E-state index contributed by atoms with van der Waals surface area (Å²) >= 11 is 0. The zero-order chi connectivity index (χ0) is 24.0. The zero-order valence-corrected chi connectivity index (χ0v) is 22.9. The number of rotatable bonds is 18. The average Bonchev–Trinajstić information content (AvgIpc) is 2.59. The quantitative estimate of drug-likeness (QED) is 0.162. The van der Waals surface area contributed by atoms with E-state index < -0.39 is 0 Å². The molecule has 0 bridgehead atoms. The topological polar surface area (TPSA) is 48.1 Å². The monoisotopic (exact) mass is 438 g/mol. The minimum absolute atomic E-state index is 0.156. The molecule has 31 heavy (non-hydrogen) atoms. The van der Waals surface area contributed by atoms with E-state index in [4.69, 9.17) is 0 Å². The summed E-state index contributed by atoms with van der Waals surface area (Å²) in [6, 6.07) is 0. The summed E-state index contributed by atoms with van der Waals surface area (Å²) in [5.41, 5.74) is 0.838. The van der Waals surface area contributed by atoms with Gasteiger partial charge in [-0.05, 0) is 114 Å². The van der Waals surface area contributed by atoms with Crippen molar-refractivity contribution in [2.45, 2.75) is 136 Å². The van der Waals surface area contributed by atoms with E-state index in [9.17, 15) is 0 Å². The highest BCUT2D eigenvalue weighted by Gasteiger charge is 2.18. The molecular formula is C27H58N4. The van der Waals surface area contributed by atoms with Crippen LogP contribution in [0, 0.1) is 0 Å². The predicted molar refractivity (Wildman–Crippen MR) is 141 cm³/mol. The van der Waals surface area contributed by atoms with Gasteiger partial charge in [0.2, 0.25) is 0 Å². The van der Waals surface area contributed by atoms with E-state index in [1.54, 1.807) is 0 Å². The molecule has 0 spiro atoms. The third-order valence-corrected chi connectivity index (χ3v) is 5.86. The molecule has 186 valence electrons. The molecule has 4 N–H and O–H groups in total. The number of hydrogen-bond donors (Lipinski definition) is 4. The lowest BCUT2D eigenvalue weighted by atomic mass is 9.96. The van der Waals surface area contributed by atoms with E-state index in [1.165, 1.54) is 38.5 Å². The van der Waals surface area contributed by atoms with Gasteiger partial charge >= 0.3 is 0 Å². The maximum atomic E-state index is 3.74. The second kappa shape index (κ2) is 14.7. The van der Waals surface area contributed by atoms with Crippen LogP contribution in [-0.2, 0) is 0 Å². The largest absolute Gasteiger partial charge is 0.312 e. The first kappa shape index (κ1) is 30.6. The fraction of sp³-hybridized carbons (Fsp3) is 0.926. The molecule has 4 nitrogen and oxygen atoms in total. The van der Waals surface area contributed by atoms with E-state index in [-0.39, 0.29) is 22.2 Å². The van der Waals surface area contributed by atoms with Crippen LogP contribution in [-0.4, -0.2) is 48.3 Å². The Balaban J connectivity index is 3.93. The molecule has 0 aromatic heterocycles. The van der Waals surface area contributed by atoms with Crippen LogP contribution in [0.25, 0.3) is 0 Å². The van der Waals surface area contributed by atoms with E-state index >= 15 is 0 Å². The molecule has 0 heterocycles. The molecule has 0 saturated heterocycles. The molecule has 0 unspecified atom stereocenters. The Kier molecular flexibility index (Phi) is 14.5. The van der Waals surface area contributed by atoms with Crippen LogP contribution >= 0.6 is 0 Å². The minimum Gasteiger partial charge on any atom is -0.312 e. The van der Waals surface area contributed by atoms with Crippen LogP contribution < -0.4 is 21.3 Å². The summed E-state index contributed by atoms with van der Waals surface area (Å²) in [6.45, 7) is 26.9. The smallest absolute Gasteiger partial charge is 0.0159 e. The molecular weight excluding hydrogens is 380 g/mol. The number of hydrogen-bond acceptors (Lipinski definition) is 4. The second-order valence-corrected chi connectivity index (χ2v) is 12.3. The van der Waals surface area contributed by atoms with Crippen molar-refractivity contribution in [3.8, 4) is 0 Å². The molecule has 0 aromatic carbocycles. The van der Waals surface area contributed by atoms with Crippen LogP contribution in [0.5, 0.6) is 0 Å². The first-order valence-electron chi connectivity index (χ1n) is 12.8. The number of unbranched alkanes of at least 4 members (excludes halogenated alkanes) is 2. The first-order chi connectivity index (χ1) is 14.2. The summed E-state index contributed by atoms with van der Waals surface area (Å²) < 4.78 is 0. The molecule has 0 aliphatic carbocycles. The molecule has 4 heteroatoms. The van der Waals surface area contributed by atoms with Gasteiger partial charge in [0.15, 0.2) is 0 Å². The standard InChI is InChI=1S/C27H58N4/c1-11-28-25(5,6)18-13-16-22-30-27(9,10)20-14-17-23-31-26(7,8)19-12-15-21-29-24(2,3)4/h14,17,28-31H,11-13,15-16,18-23H2,1-10H3/b17-14-. The lowest BCUT2D eigenvalue weighted by Gasteiger charge is -2.28. The van der Waals surface area contributed by atoms with Crippen molar-refractivity contribution in [3.63, 3.8) is 0 Å². The van der Waals surface area contributed by atoms with Gasteiger partial charge in [-0.3, -0.25) is 0 Å². The van der Waals surface area contributed by atoms with Crippen LogP contribution in [0.2, 0.25) is 0 Å². The third-order valence-electron chi connectivity index (χ3n) is 5.86. The van der Waals surface area contributed by atoms with Crippen LogP contribution in [0.4, 0.5) is 0 Å². The summed E-state index contributed by atoms with van der Waals surface area (Å²) in [4.78, 5) is 0. The van der Waals surface area contributed by atoms with Crippen molar-refractivity contribution in [2.75, 3.05) is 26.2 Å². The van der Waals surface area contributed by atoms with Crippen LogP contribution in [0.3, 0.4) is 0 Å². The Morgan fingerprint density at radius 3 is 1.58 bits per heavy atom. The molecule has 0 aromatic rings. The van der Waals surface area contributed by atoms with Gasteiger partial charge in [-0.25, -0.2) is 0 Å². The van der Waals surface area contributed by atoms with E-state index in [2.05, 4.69) is 103 Å². The molecule has 0 rings (SSSR count). The van der Waals surface area contributed by atoms with Gasteiger partial charge in [0.25, 0.3) is 0 Å². The molecule has 0 aliphatic heterocycles. The maximum absolute atomic E-state index is 3.74. The van der Waals surface area contributed by atoms with Crippen LogP contribution in [0.15, 0.2) is 12.2 Å². The van der Waals surface area contributed by atoms with E-state index in [1.807, 2.05) is 0 Å². The molecule has 0 amide bonds. The van der Waals surface area contributed by atoms with Gasteiger partial charge in [0.1, 0.15) is 0 Å². The molecule has 0 aliphatic rings. The van der Waals surface area contributed by atoms with Crippen molar-refractivity contribution in [3.05, 3.63) is 12.2 Å². The molecule has 0 fully saturated rings. The highest BCUT2D eigenvalue weighted by molar-refractivity contribution is 4.94. The lowest BCUT2D eigenvalue weighted by Crippen LogP contribution is -2.41. The van der Waals surface area contributed by atoms with Crippen molar-refractivity contribution in [1.29, 1.82) is 0 Å².